The first-order chi connectivity index (χ1) is 8.81. The number of hydrogen-bond acceptors (Lipinski definition) is 4. The second kappa shape index (κ2) is 4.70. The molecule has 1 aromatic carbocycles. The molecule has 3 N–H and O–H groups in total. The maximum atomic E-state index is 5.85. The van der Waals surface area contributed by atoms with E-state index >= 15 is 0 Å². The monoisotopic (exact) mass is 245 g/mol. The largest absolute Gasteiger partial charge is 0.488 e. The molecule has 2 heterocycles. The van der Waals surface area contributed by atoms with Gasteiger partial charge in [-0.25, -0.2) is 0 Å². The van der Waals surface area contributed by atoms with Crippen LogP contribution in [0.1, 0.15) is 6.42 Å². The molecule has 0 radical (unpaired) electrons. The van der Waals surface area contributed by atoms with Crippen molar-refractivity contribution in [1.29, 1.82) is 0 Å². The molecule has 0 bridgehead atoms. The minimum atomic E-state index is 0.159. The predicted octanol–water partition coefficient (Wildman–Crippen LogP) is 1.83. The number of hydrogen-bond donors (Lipinski definition) is 2. The normalized spacial score (nSPS) is 19.0. The van der Waals surface area contributed by atoms with Crippen molar-refractivity contribution in [3.63, 3.8) is 0 Å². The number of H-pyrrole nitrogens is 1. The van der Waals surface area contributed by atoms with Gasteiger partial charge in [0.05, 0.1) is 18.9 Å². The Hall–Kier alpha value is -2.01. The fourth-order valence-corrected chi connectivity index (χ4v) is 2.02. The standard InChI is InChI=1S/C13H15N3O2/c14-13-7-12(15-16-13)9-2-1-3-10(6-9)18-11-4-5-17-8-11/h1-3,6-7,11H,4-5,8H2,(H3,14,15,16). The van der Waals surface area contributed by atoms with Gasteiger partial charge in [0.1, 0.15) is 17.7 Å². The van der Waals surface area contributed by atoms with Crippen LogP contribution in [0.15, 0.2) is 30.3 Å². The van der Waals surface area contributed by atoms with Gasteiger partial charge in [0.2, 0.25) is 0 Å². The third-order valence-corrected chi connectivity index (χ3v) is 2.93. The molecule has 5 heteroatoms. The van der Waals surface area contributed by atoms with Gasteiger partial charge in [0.25, 0.3) is 0 Å². The molecule has 1 aliphatic rings. The number of rotatable bonds is 3. The second-order valence-electron chi connectivity index (χ2n) is 4.34. The molecule has 94 valence electrons. The SMILES string of the molecule is Nc1cc(-c2cccc(OC3CCOC3)c2)[nH]n1. The molecule has 1 saturated heterocycles. The van der Waals surface area contributed by atoms with Crippen LogP contribution >= 0.6 is 0 Å². The van der Waals surface area contributed by atoms with E-state index in [0.29, 0.717) is 12.4 Å². The summed E-state index contributed by atoms with van der Waals surface area (Å²) in [6.07, 6.45) is 1.11. The Morgan fingerprint density at radius 3 is 3.06 bits per heavy atom. The fraction of sp³-hybridized carbons (Fsp3) is 0.308. The third-order valence-electron chi connectivity index (χ3n) is 2.93. The minimum Gasteiger partial charge on any atom is -0.488 e. The number of nitrogen functional groups attached to an aromatic ring is 1. The summed E-state index contributed by atoms with van der Waals surface area (Å²) in [4.78, 5) is 0. The summed E-state index contributed by atoms with van der Waals surface area (Å²) in [6.45, 7) is 1.45. The van der Waals surface area contributed by atoms with Gasteiger partial charge in [0.15, 0.2) is 0 Å². The Bertz CT molecular complexity index is 533. The van der Waals surface area contributed by atoms with Crippen molar-refractivity contribution in [2.24, 2.45) is 0 Å². The van der Waals surface area contributed by atoms with Crippen LogP contribution in [0.3, 0.4) is 0 Å². The molecule has 1 fully saturated rings. The number of aromatic amines is 1. The van der Waals surface area contributed by atoms with Crippen LogP contribution in [0, 0.1) is 0 Å². The molecule has 18 heavy (non-hydrogen) atoms. The molecule has 1 aliphatic heterocycles. The van der Waals surface area contributed by atoms with Crippen LogP contribution in [0.2, 0.25) is 0 Å². The highest BCUT2D eigenvalue weighted by molar-refractivity contribution is 5.63. The van der Waals surface area contributed by atoms with E-state index < -0.39 is 0 Å². The quantitative estimate of drug-likeness (QED) is 0.865. The molecule has 0 spiro atoms. The van der Waals surface area contributed by atoms with E-state index in [1.165, 1.54) is 0 Å². The number of nitrogens with one attached hydrogen (secondary N) is 1. The van der Waals surface area contributed by atoms with Crippen molar-refractivity contribution in [2.75, 3.05) is 18.9 Å². The van der Waals surface area contributed by atoms with Gasteiger partial charge < -0.3 is 15.2 Å². The van der Waals surface area contributed by atoms with E-state index in [9.17, 15) is 0 Å². The lowest BCUT2D eigenvalue weighted by atomic mass is 10.1. The molecule has 0 saturated carbocycles. The number of nitrogens with zero attached hydrogens (tertiary/aromatic N) is 1. The van der Waals surface area contributed by atoms with Gasteiger partial charge in [-0.3, -0.25) is 5.10 Å². The highest BCUT2D eigenvalue weighted by Gasteiger charge is 2.17. The van der Waals surface area contributed by atoms with Crippen molar-refractivity contribution in [3.8, 4) is 17.0 Å². The molecule has 0 aliphatic carbocycles. The van der Waals surface area contributed by atoms with E-state index in [1.807, 2.05) is 24.3 Å². The van der Waals surface area contributed by atoms with Crippen LogP contribution in [0.25, 0.3) is 11.3 Å². The van der Waals surface area contributed by atoms with Crippen molar-refractivity contribution < 1.29 is 9.47 Å². The lowest BCUT2D eigenvalue weighted by molar-refractivity contribution is 0.141. The average molecular weight is 245 g/mol. The summed E-state index contributed by atoms with van der Waals surface area (Å²) in [5.74, 6) is 1.33. The molecule has 0 amide bonds. The summed E-state index contributed by atoms with van der Waals surface area (Å²) in [5, 5.41) is 6.81. The molecule has 3 rings (SSSR count). The smallest absolute Gasteiger partial charge is 0.145 e. The number of aromatic nitrogens is 2. The van der Waals surface area contributed by atoms with Gasteiger partial charge in [-0.2, -0.15) is 5.10 Å². The molecule has 1 unspecified atom stereocenters. The summed E-state index contributed by atoms with van der Waals surface area (Å²) in [7, 11) is 0. The second-order valence-corrected chi connectivity index (χ2v) is 4.34. The van der Waals surface area contributed by atoms with Gasteiger partial charge in [-0.15, -0.1) is 0 Å². The molecular weight excluding hydrogens is 230 g/mol. The summed E-state index contributed by atoms with van der Waals surface area (Å²) < 4.78 is 11.1. The third kappa shape index (κ3) is 2.31. The summed E-state index contributed by atoms with van der Waals surface area (Å²) in [5.41, 5.74) is 7.50. The van der Waals surface area contributed by atoms with E-state index in [0.717, 1.165) is 30.0 Å². The van der Waals surface area contributed by atoms with E-state index in [1.54, 1.807) is 6.07 Å². The van der Waals surface area contributed by atoms with E-state index in [4.69, 9.17) is 15.2 Å². The predicted molar refractivity (Wildman–Crippen MR) is 68.3 cm³/mol. The highest BCUT2D eigenvalue weighted by Crippen LogP contribution is 2.24. The highest BCUT2D eigenvalue weighted by atomic mass is 16.5. The van der Waals surface area contributed by atoms with Gasteiger partial charge in [-0.1, -0.05) is 12.1 Å². The van der Waals surface area contributed by atoms with Crippen molar-refractivity contribution in [1.82, 2.24) is 10.2 Å². The lowest BCUT2D eigenvalue weighted by Gasteiger charge is -2.12. The van der Waals surface area contributed by atoms with Crippen molar-refractivity contribution in [3.05, 3.63) is 30.3 Å². The van der Waals surface area contributed by atoms with Crippen molar-refractivity contribution >= 4 is 5.82 Å². The zero-order chi connectivity index (χ0) is 12.4. The fourth-order valence-electron chi connectivity index (χ4n) is 2.02. The zero-order valence-electron chi connectivity index (χ0n) is 9.93. The van der Waals surface area contributed by atoms with Gasteiger partial charge in [0, 0.05) is 18.1 Å². The molecular formula is C13H15N3O2. The van der Waals surface area contributed by atoms with Gasteiger partial charge >= 0.3 is 0 Å². The summed E-state index contributed by atoms with van der Waals surface area (Å²) >= 11 is 0. The zero-order valence-corrected chi connectivity index (χ0v) is 9.93. The first-order valence-electron chi connectivity index (χ1n) is 5.97. The Kier molecular flexibility index (Phi) is 2.90. The van der Waals surface area contributed by atoms with E-state index in [2.05, 4.69) is 10.2 Å². The molecule has 1 atom stereocenters. The lowest BCUT2D eigenvalue weighted by Crippen LogP contribution is -2.15. The van der Waals surface area contributed by atoms with Crippen LogP contribution in [0.5, 0.6) is 5.75 Å². The molecule has 5 nitrogen and oxygen atoms in total. The summed E-state index contributed by atoms with van der Waals surface area (Å²) in [6, 6.07) is 9.67. The number of ether oxygens (including phenoxy) is 2. The molecule has 1 aromatic heterocycles. The van der Waals surface area contributed by atoms with Crippen molar-refractivity contribution in [2.45, 2.75) is 12.5 Å². The number of benzene rings is 1. The minimum absolute atomic E-state index is 0.159. The Labute approximate surface area is 105 Å². The maximum absolute atomic E-state index is 5.85. The average Bonchev–Trinajstić information content (AvgIpc) is 3.01. The first-order valence-corrected chi connectivity index (χ1v) is 5.97. The Balaban J connectivity index is 1.80. The first kappa shape index (κ1) is 11.1. The Morgan fingerprint density at radius 2 is 2.33 bits per heavy atom. The van der Waals surface area contributed by atoms with Crippen LogP contribution in [-0.2, 0) is 4.74 Å². The number of nitrogens with two attached hydrogens (primary N) is 1. The van der Waals surface area contributed by atoms with Gasteiger partial charge in [-0.05, 0) is 12.1 Å². The van der Waals surface area contributed by atoms with Crippen LogP contribution < -0.4 is 10.5 Å². The van der Waals surface area contributed by atoms with E-state index in [-0.39, 0.29) is 6.10 Å². The molecule has 2 aromatic rings. The topological polar surface area (TPSA) is 73.2 Å². The van der Waals surface area contributed by atoms with Crippen LogP contribution in [-0.4, -0.2) is 29.5 Å². The maximum Gasteiger partial charge on any atom is 0.145 e. The number of anilines is 1. The Morgan fingerprint density at radius 1 is 1.39 bits per heavy atom. The van der Waals surface area contributed by atoms with Crippen LogP contribution in [0.4, 0.5) is 5.82 Å².